The van der Waals surface area contributed by atoms with Crippen molar-refractivity contribution in [3.05, 3.63) is 31.0 Å². The predicted octanol–water partition coefficient (Wildman–Crippen LogP) is 1.65. The Kier molecular flexibility index (Phi) is 2.69. The average Bonchev–Trinajstić information content (AvgIpc) is 2.09. The van der Waals surface area contributed by atoms with E-state index in [9.17, 15) is 0 Å². The normalized spacial score (nSPS) is 12.1. The van der Waals surface area contributed by atoms with Gasteiger partial charge in [-0.3, -0.25) is 0 Å². The summed E-state index contributed by atoms with van der Waals surface area (Å²) in [7, 11) is 0. The van der Waals surface area contributed by atoms with E-state index in [2.05, 4.69) is 16.9 Å². The quantitative estimate of drug-likeness (QED) is 0.666. The number of nitrogens with one attached hydrogen (secondary N) is 1. The van der Waals surface area contributed by atoms with E-state index in [1.807, 2.05) is 19.1 Å². The summed E-state index contributed by atoms with van der Waals surface area (Å²) >= 11 is 0. The van der Waals surface area contributed by atoms with Crippen molar-refractivity contribution in [3.63, 3.8) is 0 Å². The minimum Gasteiger partial charge on any atom is -0.384 e. The zero-order chi connectivity index (χ0) is 8.97. The number of rotatable bonds is 3. The Labute approximate surface area is 72.3 Å². The Morgan fingerprint density at radius 3 is 2.92 bits per heavy atom. The first-order chi connectivity index (χ1) is 5.72. The SMILES string of the molecule is C=CC(C)Nc1ccc(N)nc1. The molecule has 0 aliphatic heterocycles. The highest BCUT2D eigenvalue weighted by atomic mass is 14.9. The molecule has 3 heteroatoms. The molecule has 0 bridgehead atoms. The molecule has 1 rings (SSSR count). The van der Waals surface area contributed by atoms with Crippen molar-refractivity contribution in [2.45, 2.75) is 13.0 Å². The van der Waals surface area contributed by atoms with Crippen molar-refractivity contribution < 1.29 is 0 Å². The standard InChI is InChI=1S/C9H13N3/c1-3-7(2)12-8-4-5-9(10)11-6-8/h3-7,12H,1H2,2H3,(H2,10,11). The molecule has 1 aromatic heterocycles. The zero-order valence-electron chi connectivity index (χ0n) is 7.12. The van der Waals surface area contributed by atoms with Crippen LogP contribution < -0.4 is 11.1 Å². The maximum atomic E-state index is 5.43. The molecular formula is C9H13N3. The van der Waals surface area contributed by atoms with Crippen LogP contribution >= 0.6 is 0 Å². The molecule has 12 heavy (non-hydrogen) atoms. The molecule has 1 heterocycles. The highest BCUT2D eigenvalue weighted by Gasteiger charge is 1.95. The lowest BCUT2D eigenvalue weighted by Gasteiger charge is -2.09. The fraction of sp³-hybridized carbons (Fsp3) is 0.222. The molecule has 0 aliphatic carbocycles. The van der Waals surface area contributed by atoms with Crippen LogP contribution in [0.3, 0.4) is 0 Å². The highest BCUT2D eigenvalue weighted by molar-refractivity contribution is 5.46. The van der Waals surface area contributed by atoms with E-state index in [-0.39, 0.29) is 6.04 Å². The third kappa shape index (κ3) is 2.27. The van der Waals surface area contributed by atoms with E-state index < -0.39 is 0 Å². The Morgan fingerprint density at radius 2 is 2.42 bits per heavy atom. The Bertz CT molecular complexity index is 253. The molecule has 0 saturated carbocycles. The van der Waals surface area contributed by atoms with Crippen LogP contribution in [0.15, 0.2) is 31.0 Å². The van der Waals surface area contributed by atoms with E-state index >= 15 is 0 Å². The molecule has 0 saturated heterocycles. The summed E-state index contributed by atoms with van der Waals surface area (Å²) in [6.45, 7) is 5.68. The third-order valence-electron chi connectivity index (χ3n) is 1.53. The molecule has 1 unspecified atom stereocenters. The van der Waals surface area contributed by atoms with E-state index in [4.69, 9.17) is 5.73 Å². The van der Waals surface area contributed by atoms with Crippen molar-refractivity contribution in [2.75, 3.05) is 11.1 Å². The van der Waals surface area contributed by atoms with E-state index in [1.165, 1.54) is 0 Å². The van der Waals surface area contributed by atoms with Gasteiger partial charge in [0, 0.05) is 6.04 Å². The topological polar surface area (TPSA) is 50.9 Å². The molecular weight excluding hydrogens is 150 g/mol. The van der Waals surface area contributed by atoms with Gasteiger partial charge in [0.05, 0.1) is 11.9 Å². The molecule has 3 N–H and O–H groups in total. The van der Waals surface area contributed by atoms with Gasteiger partial charge < -0.3 is 11.1 Å². The van der Waals surface area contributed by atoms with Crippen molar-refractivity contribution in [3.8, 4) is 0 Å². The molecule has 3 nitrogen and oxygen atoms in total. The number of aromatic nitrogens is 1. The van der Waals surface area contributed by atoms with E-state index in [0.29, 0.717) is 5.82 Å². The van der Waals surface area contributed by atoms with Crippen LogP contribution in [0.1, 0.15) is 6.92 Å². The van der Waals surface area contributed by atoms with Gasteiger partial charge in [-0.25, -0.2) is 4.98 Å². The van der Waals surface area contributed by atoms with Gasteiger partial charge in [-0.05, 0) is 19.1 Å². The van der Waals surface area contributed by atoms with Gasteiger partial charge in [-0.2, -0.15) is 0 Å². The van der Waals surface area contributed by atoms with Crippen LogP contribution in [-0.2, 0) is 0 Å². The summed E-state index contributed by atoms with van der Waals surface area (Å²) in [5.41, 5.74) is 6.39. The van der Waals surface area contributed by atoms with Gasteiger partial charge in [-0.1, -0.05) is 6.08 Å². The molecule has 0 radical (unpaired) electrons. The van der Waals surface area contributed by atoms with Gasteiger partial charge in [0.25, 0.3) is 0 Å². The number of anilines is 2. The maximum absolute atomic E-state index is 5.43. The van der Waals surface area contributed by atoms with Crippen LogP contribution in [0, 0.1) is 0 Å². The number of hydrogen-bond donors (Lipinski definition) is 2. The van der Waals surface area contributed by atoms with Crippen LogP contribution in [0.25, 0.3) is 0 Å². The van der Waals surface area contributed by atoms with Gasteiger partial charge in [0.2, 0.25) is 0 Å². The van der Waals surface area contributed by atoms with Gasteiger partial charge in [0.15, 0.2) is 0 Å². The van der Waals surface area contributed by atoms with Crippen LogP contribution in [-0.4, -0.2) is 11.0 Å². The Hall–Kier alpha value is -1.51. The molecule has 0 amide bonds. The smallest absolute Gasteiger partial charge is 0.123 e. The fourth-order valence-corrected chi connectivity index (χ4v) is 0.813. The Balaban J connectivity index is 2.64. The average molecular weight is 163 g/mol. The first kappa shape index (κ1) is 8.59. The summed E-state index contributed by atoms with van der Waals surface area (Å²) in [4.78, 5) is 3.95. The second kappa shape index (κ2) is 3.76. The van der Waals surface area contributed by atoms with Crippen molar-refractivity contribution in [2.24, 2.45) is 0 Å². The molecule has 0 spiro atoms. The predicted molar refractivity (Wildman–Crippen MR) is 51.9 cm³/mol. The van der Waals surface area contributed by atoms with E-state index in [1.54, 1.807) is 12.3 Å². The lowest BCUT2D eigenvalue weighted by molar-refractivity contribution is 0.998. The third-order valence-corrected chi connectivity index (χ3v) is 1.53. The monoisotopic (exact) mass is 163 g/mol. The zero-order valence-corrected chi connectivity index (χ0v) is 7.12. The van der Waals surface area contributed by atoms with Crippen LogP contribution in [0.2, 0.25) is 0 Å². The highest BCUT2D eigenvalue weighted by Crippen LogP contribution is 2.08. The van der Waals surface area contributed by atoms with Crippen LogP contribution in [0.5, 0.6) is 0 Å². The molecule has 1 aromatic rings. The lowest BCUT2D eigenvalue weighted by Crippen LogP contribution is -2.11. The molecule has 0 fully saturated rings. The maximum Gasteiger partial charge on any atom is 0.123 e. The number of pyridine rings is 1. The first-order valence-electron chi connectivity index (χ1n) is 3.83. The molecule has 0 aliphatic rings. The van der Waals surface area contributed by atoms with Crippen LogP contribution in [0.4, 0.5) is 11.5 Å². The summed E-state index contributed by atoms with van der Waals surface area (Å²) in [5.74, 6) is 0.534. The molecule has 1 atom stereocenters. The van der Waals surface area contributed by atoms with Crippen molar-refractivity contribution in [1.82, 2.24) is 4.98 Å². The van der Waals surface area contributed by atoms with Gasteiger partial charge in [-0.15, -0.1) is 6.58 Å². The van der Waals surface area contributed by atoms with Crippen molar-refractivity contribution >= 4 is 11.5 Å². The summed E-state index contributed by atoms with van der Waals surface area (Å²) in [6, 6.07) is 3.90. The first-order valence-corrected chi connectivity index (χ1v) is 3.83. The Morgan fingerprint density at radius 1 is 1.67 bits per heavy atom. The summed E-state index contributed by atoms with van der Waals surface area (Å²) in [6.07, 6.45) is 3.53. The lowest BCUT2D eigenvalue weighted by atomic mass is 10.3. The molecule has 64 valence electrons. The fourth-order valence-electron chi connectivity index (χ4n) is 0.813. The summed E-state index contributed by atoms with van der Waals surface area (Å²) in [5, 5.41) is 3.18. The largest absolute Gasteiger partial charge is 0.384 e. The minimum atomic E-state index is 0.246. The van der Waals surface area contributed by atoms with Crippen molar-refractivity contribution in [1.29, 1.82) is 0 Å². The van der Waals surface area contributed by atoms with E-state index in [0.717, 1.165) is 5.69 Å². The second-order valence-corrected chi connectivity index (χ2v) is 2.64. The number of hydrogen-bond acceptors (Lipinski definition) is 3. The minimum absolute atomic E-state index is 0.246. The summed E-state index contributed by atoms with van der Waals surface area (Å²) < 4.78 is 0. The second-order valence-electron chi connectivity index (χ2n) is 2.64. The van der Waals surface area contributed by atoms with Gasteiger partial charge in [0.1, 0.15) is 5.82 Å². The number of nitrogens with two attached hydrogens (primary N) is 1. The van der Waals surface area contributed by atoms with Gasteiger partial charge >= 0.3 is 0 Å². The number of nitrogens with zero attached hydrogens (tertiary/aromatic N) is 1. The molecule has 0 aromatic carbocycles. The number of nitrogen functional groups attached to an aromatic ring is 1.